The predicted molar refractivity (Wildman–Crippen MR) is 188 cm³/mol. The number of ether oxygens (including phenoxy) is 2. The summed E-state index contributed by atoms with van der Waals surface area (Å²) in [5.41, 5.74) is 1.92. The summed E-state index contributed by atoms with van der Waals surface area (Å²) in [6.45, 7) is 2.33. The highest BCUT2D eigenvalue weighted by Crippen LogP contribution is 2.56. The van der Waals surface area contributed by atoms with Gasteiger partial charge in [-0.05, 0) is 100 Å². The molecule has 0 aromatic rings. The van der Waals surface area contributed by atoms with E-state index in [1.165, 1.54) is 120 Å². The van der Waals surface area contributed by atoms with Gasteiger partial charge in [0.25, 0.3) is 0 Å². The number of rotatable bonds is 5. The third-order valence-corrected chi connectivity index (χ3v) is 15.9. The normalized spacial score (nSPS) is 47.1. The van der Waals surface area contributed by atoms with E-state index in [4.69, 9.17) is 9.47 Å². The first-order chi connectivity index (χ1) is 24.0. The van der Waals surface area contributed by atoms with Crippen LogP contribution < -0.4 is 10.6 Å². The maximum Gasteiger partial charge on any atom is 0.331 e. The summed E-state index contributed by atoms with van der Waals surface area (Å²) in [6.07, 6.45) is 29.8. The second-order valence-corrected chi connectivity index (χ2v) is 18.3. The first-order valence-corrected chi connectivity index (χ1v) is 20.9. The second kappa shape index (κ2) is 12.4. The molecule has 8 fully saturated rings. The van der Waals surface area contributed by atoms with Crippen LogP contribution in [0.15, 0.2) is 23.3 Å². The van der Waals surface area contributed by atoms with Gasteiger partial charge in [-0.25, -0.2) is 9.59 Å². The molecule has 10 rings (SSSR count). The van der Waals surface area contributed by atoms with E-state index in [0.717, 1.165) is 50.5 Å². The molecule has 0 aromatic heterocycles. The van der Waals surface area contributed by atoms with Crippen molar-refractivity contribution in [1.82, 2.24) is 20.4 Å². The van der Waals surface area contributed by atoms with E-state index in [2.05, 4.69) is 20.4 Å². The van der Waals surface area contributed by atoms with Crippen LogP contribution in [0.1, 0.15) is 135 Å². The standard InChI is InChI=1S/C41H60N4O4/c46-38-21-28-19-32(34-23-40(28,48-38)36-13-6-7-18-44(34)36)43-31-12-8-9-26(14-16-31)27-15-17-37-41-24-35(45(37)25-27)33(20-29(41)22-39(47)49-41)42-30-10-4-2-1-3-5-11-30/h21-22,26-27,30-37,42-43H,1-20,23-25H2. The lowest BCUT2D eigenvalue weighted by Crippen LogP contribution is -2.54. The van der Waals surface area contributed by atoms with Gasteiger partial charge in [0.15, 0.2) is 11.2 Å². The third-order valence-electron chi connectivity index (χ3n) is 15.9. The Balaban J connectivity index is 0.812. The molecule has 4 aliphatic carbocycles. The average Bonchev–Trinajstić information content (AvgIpc) is 3.71. The molecular weight excluding hydrogens is 612 g/mol. The van der Waals surface area contributed by atoms with Gasteiger partial charge in [-0.3, -0.25) is 9.80 Å². The van der Waals surface area contributed by atoms with E-state index in [-0.39, 0.29) is 23.1 Å². The van der Waals surface area contributed by atoms with Gasteiger partial charge in [-0.2, -0.15) is 0 Å². The van der Waals surface area contributed by atoms with Crippen molar-refractivity contribution in [3.8, 4) is 0 Å². The Morgan fingerprint density at radius 2 is 1.14 bits per heavy atom. The highest BCUT2D eigenvalue weighted by atomic mass is 16.6. The van der Waals surface area contributed by atoms with E-state index in [9.17, 15) is 9.59 Å². The van der Waals surface area contributed by atoms with Crippen LogP contribution in [-0.4, -0.2) is 94.4 Å². The van der Waals surface area contributed by atoms with Gasteiger partial charge in [0, 0.05) is 67.8 Å². The van der Waals surface area contributed by atoms with Crippen molar-refractivity contribution in [3.05, 3.63) is 23.3 Å². The van der Waals surface area contributed by atoms with Crippen molar-refractivity contribution >= 4 is 11.9 Å². The average molecular weight is 673 g/mol. The fourth-order valence-electron chi connectivity index (χ4n) is 13.7. The number of hydrogen-bond acceptors (Lipinski definition) is 8. The van der Waals surface area contributed by atoms with E-state index < -0.39 is 0 Å². The maximum absolute atomic E-state index is 12.8. The molecule has 6 aliphatic heterocycles. The van der Waals surface area contributed by atoms with Crippen molar-refractivity contribution < 1.29 is 19.1 Å². The molecule has 0 amide bonds. The molecule has 2 N–H and O–H groups in total. The molecule has 11 unspecified atom stereocenters. The monoisotopic (exact) mass is 672 g/mol. The summed E-state index contributed by atoms with van der Waals surface area (Å²) in [5, 5.41) is 8.44. The van der Waals surface area contributed by atoms with E-state index >= 15 is 0 Å². The molecule has 0 aromatic carbocycles. The van der Waals surface area contributed by atoms with Crippen molar-refractivity contribution in [1.29, 1.82) is 0 Å². The van der Waals surface area contributed by atoms with Crippen LogP contribution in [0.5, 0.6) is 0 Å². The zero-order valence-corrected chi connectivity index (χ0v) is 29.7. The summed E-state index contributed by atoms with van der Waals surface area (Å²) in [6, 6.07) is 3.76. The summed E-state index contributed by atoms with van der Waals surface area (Å²) in [7, 11) is 0. The Bertz CT molecular complexity index is 1390. The highest BCUT2D eigenvalue weighted by Gasteiger charge is 2.66. The van der Waals surface area contributed by atoms with Gasteiger partial charge in [-0.1, -0.05) is 51.4 Å². The topological polar surface area (TPSA) is 83.1 Å². The van der Waals surface area contributed by atoms with Crippen molar-refractivity contribution in [3.63, 3.8) is 0 Å². The molecule has 11 atom stereocenters. The lowest BCUT2D eigenvalue weighted by Gasteiger charge is -2.43. The van der Waals surface area contributed by atoms with E-state index in [1.807, 2.05) is 12.2 Å². The minimum Gasteiger partial charge on any atom is -0.450 e. The fourth-order valence-corrected chi connectivity index (χ4v) is 13.7. The molecule has 8 nitrogen and oxygen atoms in total. The zero-order valence-electron chi connectivity index (χ0n) is 29.7. The molecule has 4 bridgehead atoms. The van der Waals surface area contributed by atoms with Crippen LogP contribution in [-0.2, 0) is 19.1 Å². The number of hydrogen-bond donors (Lipinski definition) is 2. The van der Waals surface area contributed by atoms with Crippen LogP contribution in [0, 0.1) is 11.8 Å². The Labute approximate surface area is 293 Å². The largest absolute Gasteiger partial charge is 0.450 e. The van der Waals surface area contributed by atoms with Crippen molar-refractivity contribution in [2.24, 2.45) is 11.8 Å². The first-order valence-electron chi connectivity index (χ1n) is 20.9. The SMILES string of the molecule is O=C1C=C2CC(NC3CCCC(C4CCC5N(C4)C4CC56OC(=O)C=C6CC4NC4CCCCCCC4)CC3)C3CC2(O1)C1CCCCN31. The smallest absolute Gasteiger partial charge is 0.331 e. The minimum atomic E-state index is -0.347. The molecule has 49 heavy (non-hydrogen) atoms. The summed E-state index contributed by atoms with van der Waals surface area (Å²) >= 11 is 0. The first kappa shape index (κ1) is 32.0. The van der Waals surface area contributed by atoms with Gasteiger partial charge in [0.1, 0.15) is 0 Å². The van der Waals surface area contributed by atoms with Gasteiger partial charge in [0.2, 0.25) is 0 Å². The second-order valence-electron chi connectivity index (χ2n) is 18.3. The highest BCUT2D eigenvalue weighted by molar-refractivity contribution is 5.88. The van der Waals surface area contributed by atoms with Gasteiger partial charge in [0.05, 0.1) is 12.1 Å². The maximum atomic E-state index is 12.8. The molecule has 268 valence electrons. The zero-order chi connectivity index (χ0) is 32.7. The lowest BCUT2D eigenvalue weighted by atomic mass is 9.73. The molecule has 4 saturated heterocycles. The number of piperidine rings is 2. The number of esters is 2. The van der Waals surface area contributed by atoms with Crippen LogP contribution in [0.25, 0.3) is 0 Å². The predicted octanol–water partition coefficient (Wildman–Crippen LogP) is 5.70. The fraction of sp³-hybridized carbons (Fsp3) is 0.854. The van der Waals surface area contributed by atoms with Crippen LogP contribution in [0.4, 0.5) is 0 Å². The summed E-state index contributed by atoms with van der Waals surface area (Å²) in [4.78, 5) is 30.9. The number of nitrogens with zero attached hydrogens (tertiary/aromatic N) is 2. The van der Waals surface area contributed by atoms with Gasteiger partial charge in [-0.15, -0.1) is 0 Å². The van der Waals surface area contributed by atoms with Gasteiger partial charge >= 0.3 is 11.9 Å². The third kappa shape index (κ3) is 5.26. The Morgan fingerprint density at radius 1 is 0.571 bits per heavy atom. The summed E-state index contributed by atoms with van der Waals surface area (Å²) in [5.74, 6) is 1.33. The Hall–Kier alpha value is -1.74. The van der Waals surface area contributed by atoms with E-state index in [0.29, 0.717) is 48.3 Å². The molecule has 0 radical (unpaired) electrons. The number of fused-ring (bicyclic) bond motifs is 6. The van der Waals surface area contributed by atoms with Crippen LogP contribution in [0.2, 0.25) is 0 Å². The van der Waals surface area contributed by atoms with Crippen LogP contribution >= 0.6 is 0 Å². The van der Waals surface area contributed by atoms with Gasteiger partial charge < -0.3 is 20.1 Å². The number of carbonyl (C=O) groups is 2. The molecule has 6 heterocycles. The Morgan fingerprint density at radius 3 is 1.86 bits per heavy atom. The Kier molecular flexibility index (Phi) is 8.12. The molecule has 10 aliphatic rings. The minimum absolute atomic E-state index is 0.0907. The number of nitrogens with one attached hydrogen (secondary N) is 2. The van der Waals surface area contributed by atoms with E-state index in [1.54, 1.807) is 0 Å². The summed E-state index contributed by atoms with van der Waals surface area (Å²) < 4.78 is 12.5. The van der Waals surface area contributed by atoms with Crippen LogP contribution in [0.3, 0.4) is 0 Å². The molecular formula is C41H60N4O4. The number of carbonyl (C=O) groups excluding carboxylic acids is 2. The molecule has 4 saturated carbocycles. The molecule has 8 heteroatoms. The lowest BCUT2D eigenvalue weighted by molar-refractivity contribution is -0.150. The quantitative estimate of drug-likeness (QED) is 0.285. The van der Waals surface area contributed by atoms with Crippen molar-refractivity contribution in [2.75, 3.05) is 13.1 Å². The van der Waals surface area contributed by atoms with Crippen molar-refractivity contribution in [2.45, 2.75) is 194 Å². The molecule has 2 spiro atoms.